The molecular weight excluding hydrogens is 393 g/mol. The van der Waals surface area contributed by atoms with E-state index in [1.807, 2.05) is 20.8 Å². The number of aromatic nitrogens is 2. The van der Waals surface area contributed by atoms with Gasteiger partial charge in [0.15, 0.2) is 0 Å². The molecule has 0 aromatic carbocycles. The van der Waals surface area contributed by atoms with Gasteiger partial charge in [-0.05, 0) is 58.3 Å². The van der Waals surface area contributed by atoms with E-state index in [0.29, 0.717) is 11.8 Å². The zero-order valence-electron chi connectivity index (χ0n) is 19.3. The van der Waals surface area contributed by atoms with Crippen molar-refractivity contribution in [3.63, 3.8) is 0 Å². The summed E-state index contributed by atoms with van der Waals surface area (Å²) in [6, 6.07) is 1.65. The van der Waals surface area contributed by atoms with Crippen LogP contribution in [0.3, 0.4) is 0 Å². The van der Waals surface area contributed by atoms with Gasteiger partial charge in [-0.3, -0.25) is 10.1 Å². The number of ether oxygens (including phenoxy) is 1. The third-order valence-corrected chi connectivity index (χ3v) is 6.34. The van der Waals surface area contributed by atoms with Crippen molar-refractivity contribution in [2.75, 3.05) is 6.61 Å². The standard InChI is InChI=1S/C22H37F3N4O/c1-15(2)14-19(5,6)27-18(26)20(7,16(3)4)29-12-8-17(28-29)30-13-11-21(9-10-21)22(23,24)25/h8,12,15-16H,9-11,13-14H2,1-7H3,(H2,26,27)/t20-/m1/s1. The summed E-state index contributed by atoms with van der Waals surface area (Å²) in [5.41, 5.74) is -2.56. The lowest BCUT2D eigenvalue weighted by atomic mass is 9.85. The lowest BCUT2D eigenvalue weighted by Crippen LogP contribution is -2.56. The number of nitrogens with zero attached hydrogens (tertiary/aromatic N) is 2. The smallest absolute Gasteiger partial charge is 0.394 e. The first kappa shape index (κ1) is 24.5. The average Bonchev–Trinajstić information content (AvgIpc) is 3.22. The summed E-state index contributed by atoms with van der Waals surface area (Å²) in [6.45, 7) is 14.4. The molecule has 0 unspecified atom stereocenters. The summed E-state index contributed by atoms with van der Waals surface area (Å²) in [5.74, 6) is 1.18. The average molecular weight is 431 g/mol. The fourth-order valence-electron chi connectivity index (χ4n) is 4.02. The Morgan fingerprint density at radius 2 is 1.83 bits per heavy atom. The lowest BCUT2D eigenvalue weighted by molar-refractivity contribution is -0.190. The minimum atomic E-state index is -4.17. The minimum absolute atomic E-state index is 0.0218. The molecule has 30 heavy (non-hydrogen) atoms. The molecule has 1 heterocycles. The zero-order valence-corrected chi connectivity index (χ0v) is 19.3. The number of nitrogens with one attached hydrogen (secondary N) is 2. The van der Waals surface area contributed by atoms with E-state index in [9.17, 15) is 13.2 Å². The maximum atomic E-state index is 13.1. The van der Waals surface area contributed by atoms with E-state index in [-0.39, 0.29) is 43.2 Å². The third-order valence-electron chi connectivity index (χ3n) is 6.34. The number of halogens is 3. The molecule has 1 aliphatic carbocycles. The van der Waals surface area contributed by atoms with Gasteiger partial charge in [-0.2, -0.15) is 13.2 Å². The van der Waals surface area contributed by atoms with Crippen LogP contribution < -0.4 is 10.1 Å². The van der Waals surface area contributed by atoms with Gasteiger partial charge in [-0.15, -0.1) is 5.10 Å². The Balaban J connectivity index is 2.08. The van der Waals surface area contributed by atoms with Gasteiger partial charge in [-0.25, -0.2) is 0 Å². The van der Waals surface area contributed by atoms with Crippen molar-refractivity contribution in [1.29, 1.82) is 5.41 Å². The number of hydrogen-bond donors (Lipinski definition) is 2. The molecule has 1 aromatic rings. The number of alkyl halides is 3. The van der Waals surface area contributed by atoms with Gasteiger partial charge in [0.1, 0.15) is 11.4 Å². The normalized spacial score (nSPS) is 18.4. The van der Waals surface area contributed by atoms with Crippen LogP contribution in [0.1, 0.15) is 74.1 Å². The molecule has 0 aliphatic heterocycles. The van der Waals surface area contributed by atoms with Crippen LogP contribution in [0, 0.1) is 22.7 Å². The Morgan fingerprint density at radius 1 is 1.23 bits per heavy atom. The molecule has 0 amide bonds. The Bertz CT molecular complexity index is 735. The molecule has 172 valence electrons. The Hall–Kier alpha value is -1.73. The topological polar surface area (TPSA) is 62.9 Å². The second-order valence-corrected chi connectivity index (χ2v) is 10.3. The molecule has 2 N–H and O–H groups in total. The first-order valence-corrected chi connectivity index (χ1v) is 10.8. The largest absolute Gasteiger partial charge is 0.477 e. The second kappa shape index (κ2) is 8.42. The summed E-state index contributed by atoms with van der Waals surface area (Å²) in [7, 11) is 0. The van der Waals surface area contributed by atoms with E-state index in [1.54, 1.807) is 16.9 Å². The molecule has 1 atom stereocenters. The Kier molecular flexibility index (Phi) is 6.89. The van der Waals surface area contributed by atoms with E-state index in [2.05, 4.69) is 38.1 Å². The van der Waals surface area contributed by atoms with Crippen LogP contribution in [0.25, 0.3) is 0 Å². The van der Waals surface area contributed by atoms with Crippen LogP contribution in [0.5, 0.6) is 5.88 Å². The molecule has 1 aromatic heterocycles. The predicted molar refractivity (Wildman–Crippen MR) is 113 cm³/mol. The van der Waals surface area contributed by atoms with Gasteiger partial charge >= 0.3 is 6.18 Å². The quantitative estimate of drug-likeness (QED) is 0.367. The maximum Gasteiger partial charge on any atom is 0.394 e. The second-order valence-electron chi connectivity index (χ2n) is 10.3. The Labute approximate surface area is 178 Å². The monoisotopic (exact) mass is 430 g/mol. The minimum Gasteiger partial charge on any atom is -0.477 e. The van der Waals surface area contributed by atoms with Gasteiger partial charge in [0.25, 0.3) is 0 Å². The van der Waals surface area contributed by atoms with E-state index in [4.69, 9.17) is 10.1 Å². The molecule has 5 nitrogen and oxygen atoms in total. The summed E-state index contributed by atoms with van der Waals surface area (Å²) in [5, 5.41) is 16.6. The highest BCUT2D eigenvalue weighted by atomic mass is 19.4. The summed E-state index contributed by atoms with van der Waals surface area (Å²) in [6.07, 6.45) is -1.22. The van der Waals surface area contributed by atoms with Crippen molar-refractivity contribution in [2.24, 2.45) is 17.3 Å². The van der Waals surface area contributed by atoms with Crippen molar-refractivity contribution in [1.82, 2.24) is 15.1 Å². The molecule has 0 bridgehead atoms. The summed E-state index contributed by atoms with van der Waals surface area (Å²) >= 11 is 0. The van der Waals surface area contributed by atoms with Crippen LogP contribution in [-0.2, 0) is 5.54 Å². The molecule has 0 radical (unpaired) electrons. The molecule has 2 rings (SSSR count). The van der Waals surface area contributed by atoms with Crippen LogP contribution >= 0.6 is 0 Å². The van der Waals surface area contributed by atoms with Crippen molar-refractivity contribution in [3.8, 4) is 5.88 Å². The summed E-state index contributed by atoms with van der Waals surface area (Å²) in [4.78, 5) is 0. The zero-order chi connectivity index (χ0) is 23.0. The molecule has 1 saturated carbocycles. The number of rotatable bonds is 10. The summed E-state index contributed by atoms with van der Waals surface area (Å²) < 4.78 is 46.4. The van der Waals surface area contributed by atoms with Crippen molar-refractivity contribution >= 4 is 5.84 Å². The van der Waals surface area contributed by atoms with E-state index < -0.39 is 17.1 Å². The van der Waals surface area contributed by atoms with E-state index >= 15 is 0 Å². The lowest BCUT2D eigenvalue weighted by Gasteiger charge is -2.39. The third kappa shape index (κ3) is 5.30. The fourth-order valence-corrected chi connectivity index (χ4v) is 4.02. The number of amidine groups is 1. The highest BCUT2D eigenvalue weighted by molar-refractivity contribution is 5.87. The molecule has 0 saturated heterocycles. The Morgan fingerprint density at radius 3 is 2.30 bits per heavy atom. The molecular formula is C22H37F3N4O. The van der Waals surface area contributed by atoms with E-state index in [1.165, 1.54) is 0 Å². The van der Waals surface area contributed by atoms with Gasteiger partial charge in [-0.1, -0.05) is 27.7 Å². The van der Waals surface area contributed by atoms with Crippen molar-refractivity contribution < 1.29 is 17.9 Å². The molecule has 1 aliphatic rings. The number of hydrogen-bond acceptors (Lipinski definition) is 3. The maximum absolute atomic E-state index is 13.1. The van der Waals surface area contributed by atoms with E-state index in [0.717, 1.165) is 6.42 Å². The fraction of sp³-hybridized carbons (Fsp3) is 0.818. The van der Waals surface area contributed by atoms with Crippen LogP contribution in [0.4, 0.5) is 13.2 Å². The van der Waals surface area contributed by atoms with Crippen molar-refractivity contribution in [3.05, 3.63) is 12.3 Å². The van der Waals surface area contributed by atoms with Crippen LogP contribution in [-0.4, -0.2) is 33.9 Å². The SMILES string of the molecule is CC(C)CC(C)(C)NC(=N)[C@@](C)(C(C)C)n1ccc(OCCC2(C(F)(F)F)CC2)n1. The first-order chi connectivity index (χ1) is 13.6. The van der Waals surface area contributed by atoms with Gasteiger partial charge < -0.3 is 10.1 Å². The molecule has 1 fully saturated rings. The molecule has 8 heteroatoms. The predicted octanol–water partition coefficient (Wildman–Crippen LogP) is 5.76. The highest BCUT2D eigenvalue weighted by Crippen LogP contribution is 2.59. The van der Waals surface area contributed by atoms with Gasteiger partial charge in [0.2, 0.25) is 5.88 Å². The van der Waals surface area contributed by atoms with Gasteiger partial charge in [0, 0.05) is 17.8 Å². The van der Waals surface area contributed by atoms with Crippen LogP contribution in [0.2, 0.25) is 0 Å². The van der Waals surface area contributed by atoms with Crippen molar-refractivity contribution in [2.45, 2.75) is 91.4 Å². The van der Waals surface area contributed by atoms with Crippen LogP contribution in [0.15, 0.2) is 12.3 Å². The highest BCUT2D eigenvalue weighted by Gasteiger charge is 2.62. The van der Waals surface area contributed by atoms with Gasteiger partial charge in [0.05, 0.1) is 12.0 Å². The molecule has 0 spiro atoms. The first-order valence-electron chi connectivity index (χ1n) is 10.8.